The third-order valence-electron chi connectivity index (χ3n) is 4.81. The molecule has 1 heterocycles. The molecule has 0 spiro atoms. The van der Waals surface area contributed by atoms with E-state index in [1.54, 1.807) is 0 Å². The van der Waals surface area contributed by atoms with Crippen LogP contribution in [0.25, 0.3) is 0 Å². The van der Waals surface area contributed by atoms with E-state index in [2.05, 4.69) is 46.8 Å². The van der Waals surface area contributed by atoms with Crippen LogP contribution in [0.15, 0.2) is 60.8 Å². The predicted octanol–water partition coefficient (Wildman–Crippen LogP) is 3.83. The lowest BCUT2D eigenvalue weighted by Crippen LogP contribution is -2.25. The quantitative estimate of drug-likeness (QED) is 0.598. The van der Waals surface area contributed by atoms with Crippen molar-refractivity contribution >= 4 is 11.6 Å². The highest BCUT2D eigenvalue weighted by Gasteiger charge is 2.27. The van der Waals surface area contributed by atoms with Crippen LogP contribution in [0.4, 0.5) is 11.6 Å². The SMILES string of the molecule is Cc1ccc(C(NC2CC2)c2ccnc(Nc3ccc(CN)cc3)n2)cc1. The van der Waals surface area contributed by atoms with Gasteiger partial charge in [-0.25, -0.2) is 9.97 Å². The summed E-state index contributed by atoms with van der Waals surface area (Å²) in [5, 5.41) is 7.01. The third kappa shape index (κ3) is 4.51. The molecular weight excluding hydrogens is 334 g/mol. The topological polar surface area (TPSA) is 75.9 Å². The molecule has 1 aliphatic rings. The van der Waals surface area contributed by atoms with Crippen LogP contribution >= 0.6 is 0 Å². The Balaban J connectivity index is 1.58. The summed E-state index contributed by atoms with van der Waals surface area (Å²) in [6, 6.07) is 19.3. The van der Waals surface area contributed by atoms with Gasteiger partial charge in [0, 0.05) is 24.5 Å². The van der Waals surface area contributed by atoms with Crippen molar-refractivity contribution in [2.45, 2.75) is 38.4 Å². The summed E-state index contributed by atoms with van der Waals surface area (Å²) in [5.74, 6) is 0.600. The number of benzene rings is 2. The van der Waals surface area contributed by atoms with Crippen LogP contribution in [-0.4, -0.2) is 16.0 Å². The second-order valence-electron chi connectivity index (χ2n) is 7.12. The molecule has 1 aliphatic carbocycles. The average Bonchev–Trinajstić information content (AvgIpc) is 3.52. The zero-order valence-electron chi connectivity index (χ0n) is 15.5. The van der Waals surface area contributed by atoms with Crippen molar-refractivity contribution in [1.82, 2.24) is 15.3 Å². The first-order valence-electron chi connectivity index (χ1n) is 9.43. The molecule has 0 saturated heterocycles. The van der Waals surface area contributed by atoms with Gasteiger partial charge < -0.3 is 16.4 Å². The van der Waals surface area contributed by atoms with Gasteiger partial charge in [-0.1, -0.05) is 42.0 Å². The number of aryl methyl sites for hydroxylation is 1. The summed E-state index contributed by atoms with van der Waals surface area (Å²) in [6.07, 6.45) is 4.27. The normalized spacial score (nSPS) is 14.7. The predicted molar refractivity (Wildman–Crippen MR) is 109 cm³/mol. The minimum Gasteiger partial charge on any atom is -0.326 e. The summed E-state index contributed by atoms with van der Waals surface area (Å²) in [4.78, 5) is 9.17. The lowest BCUT2D eigenvalue weighted by Gasteiger charge is -2.19. The van der Waals surface area contributed by atoms with Crippen LogP contribution in [0, 0.1) is 6.92 Å². The van der Waals surface area contributed by atoms with Gasteiger partial charge in [0.15, 0.2) is 0 Å². The highest BCUT2D eigenvalue weighted by molar-refractivity contribution is 5.53. The Morgan fingerprint density at radius 2 is 1.78 bits per heavy atom. The van der Waals surface area contributed by atoms with Gasteiger partial charge in [-0.05, 0) is 49.1 Å². The van der Waals surface area contributed by atoms with E-state index < -0.39 is 0 Å². The number of nitrogens with zero attached hydrogens (tertiary/aromatic N) is 2. The molecule has 27 heavy (non-hydrogen) atoms. The fraction of sp³-hybridized carbons (Fsp3) is 0.273. The zero-order chi connectivity index (χ0) is 18.6. The van der Waals surface area contributed by atoms with Crippen LogP contribution < -0.4 is 16.4 Å². The van der Waals surface area contributed by atoms with Crippen LogP contribution in [-0.2, 0) is 6.54 Å². The Morgan fingerprint density at radius 1 is 1.04 bits per heavy atom. The van der Waals surface area contributed by atoms with E-state index in [-0.39, 0.29) is 6.04 Å². The number of aromatic nitrogens is 2. The first kappa shape index (κ1) is 17.6. The summed E-state index contributed by atoms with van der Waals surface area (Å²) in [5.41, 5.74) is 11.2. The van der Waals surface area contributed by atoms with Gasteiger partial charge in [-0.2, -0.15) is 0 Å². The summed E-state index contributed by atoms with van der Waals surface area (Å²) in [7, 11) is 0. The van der Waals surface area contributed by atoms with E-state index in [9.17, 15) is 0 Å². The van der Waals surface area contributed by atoms with Gasteiger partial charge in [0.2, 0.25) is 5.95 Å². The Kier molecular flexibility index (Phi) is 5.14. The number of nitrogens with one attached hydrogen (secondary N) is 2. The second-order valence-corrected chi connectivity index (χ2v) is 7.12. The van der Waals surface area contributed by atoms with Crippen molar-refractivity contribution in [3.63, 3.8) is 0 Å². The standard InChI is InChI=1S/C22H25N5/c1-15-2-6-17(7-3-15)21(25-18-10-11-18)20-12-13-24-22(27-20)26-19-8-4-16(14-23)5-9-19/h2-9,12-13,18,21,25H,10-11,14,23H2,1H3,(H,24,26,27). The Hall–Kier alpha value is -2.76. The number of hydrogen-bond donors (Lipinski definition) is 3. The summed E-state index contributed by atoms with van der Waals surface area (Å²) in [6.45, 7) is 2.65. The van der Waals surface area contributed by atoms with E-state index in [0.717, 1.165) is 16.9 Å². The van der Waals surface area contributed by atoms with Gasteiger partial charge in [0.25, 0.3) is 0 Å². The van der Waals surface area contributed by atoms with Gasteiger partial charge in [-0.15, -0.1) is 0 Å². The summed E-state index contributed by atoms with van der Waals surface area (Å²) < 4.78 is 0. The van der Waals surface area contributed by atoms with Gasteiger partial charge in [-0.3, -0.25) is 0 Å². The van der Waals surface area contributed by atoms with E-state index in [1.807, 2.05) is 36.5 Å². The second kappa shape index (κ2) is 7.86. The smallest absolute Gasteiger partial charge is 0.227 e. The van der Waals surface area contributed by atoms with E-state index >= 15 is 0 Å². The van der Waals surface area contributed by atoms with Crippen molar-refractivity contribution in [3.05, 3.63) is 83.2 Å². The van der Waals surface area contributed by atoms with Crippen molar-refractivity contribution in [2.24, 2.45) is 5.73 Å². The first-order chi connectivity index (χ1) is 13.2. The molecule has 1 saturated carbocycles. The fourth-order valence-corrected chi connectivity index (χ4v) is 3.04. The van der Waals surface area contributed by atoms with Crippen molar-refractivity contribution in [3.8, 4) is 0 Å². The van der Waals surface area contributed by atoms with E-state index in [1.165, 1.54) is 24.0 Å². The minimum absolute atomic E-state index is 0.0706. The third-order valence-corrected chi connectivity index (χ3v) is 4.81. The van der Waals surface area contributed by atoms with Gasteiger partial charge in [0.1, 0.15) is 0 Å². The molecular formula is C22H25N5. The molecule has 1 unspecified atom stereocenters. The highest BCUT2D eigenvalue weighted by Crippen LogP contribution is 2.28. The molecule has 4 N–H and O–H groups in total. The maximum atomic E-state index is 5.66. The zero-order valence-corrected chi connectivity index (χ0v) is 15.5. The highest BCUT2D eigenvalue weighted by atomic mass is 15.1. The molecule has 138 valence electrons. The monoisotopic (exact) mass is 359 g/mol. The van der Waals surface area contributed by atoms with Gasteiger partial charge >= 0.3 is 0 Å². The van der Waals surface area contributed by atoms with Crippen molar-refractivity contribution < 1.29 is 0 Å². The largest absolute Gasteiger partial charge is 0.326 e. The van der Waals surface area contributed by atoms with Crippen molar-refractivity contribution in [2.75, 3.05) is 5.32 Å². The van der Waals surface area contributed by atoms with Crippen molar-refractivity contribution in [1.29, 1.82) is 0 Å². The number of rotatable bonds is 7. The number of nitrogens with two attached hydrogens (primary N) is 1. The Bertz CT molecular complexity index is 885. The molecule has 0 bridgehead atoms. The molecule has 1 fully saturated rings. The molecule has 0 aliphatic heterocycles. The fourth-order valence-electron chi connectivity index (χ4n) is 3.04. The lowest BCUT2D eigenvalue weighted by molar-refractivity contribution is 0.587. The molecule has 2 aromatic carbocycles. The first-order valence-corrected chi connectivity index (χ1v) is 9.43. The Morgan fingerprint density at radius 3 is 2.44 bits per heavy atom. The molecule has 0 amide bonds. The van der Waals surface area contributed by atoms with Crippen LogP contribution in [0.1, 0.15) is 41.3 Å². The molecule has 3 aromatic rings. The molecule has 0 radical (unpaired) electrons. The maximum absolute atomic E-state index is 5.66. The van der Waals surface area contributed by atoms with Crippen LogP contribution in [0.2, 0.25) is 0 Å². The lowest BCUT2D eigenvalue weighted by atomic mass is 10.0. The average molecular weight is 359 g/mol. The molecule has 4 rings (SSSR count). The molecule has 5 nitrogen and oxygen atoms in total. The Labute approximate surface area is 160 Å². The molecule has 1 aromatic heterocycles. The van der Waals surface area contributed by atoms with Crippen LogP contribution in [0.3, 0.4) is 0 Å². The maximum Gasteiger partial charge on any atom is 0.227 e. The van der Waals surface area contributed by atoms with Crippen LogP contribution in [0.5, 0.6) is 0 Å². The van der Waals surface area contributed by atoms with E-state index in [0.29, 0.717) is 18.5 Å². The summed E-state index contributed by atoms with van der Waals surface area (Å²) >= 11 is 0. The minimum atomic E-state index is 0.0706. The van der Waals surface area contributed by atoms with Gasteiger partial charge in [0.05, 0.1) is 11.7 Å². The molecule has 5 heteroatoms. The molecule has 1 atom stereocenters. The number of hydrogen-bond acceptors (Lipinski definition) is 5. The van der Waals surface area contributed by atoms with E-state index in [4.69, 9.17) is 10.7 Å². The number of anilines is 2.